The average Bonchev–Trinajstić information content (AvgIpc) is 2.39. The third kappa shape index (κ3) is 4.15. The van der Waals surface area contributed by atoms with Gasteiger partial charge in [0.1, 0.15) is 0 Å². The van der Waals surface area contributed by atoms with Gasteiger partial charge in [-0.05, 0) is 46.2 Å². The fraction of sp³-hybridized carbons (Fsp3) is 1.00. The SMILES string of the molecule is CCOC1CC(NC(C)CN2CCCCC2)C1OC. The van der Waals surface area contributed by atoms with Crippen molar-refractivity contribution in [1.82, 2.24) is 10.2 Å². The maximum absolute atomic E-state index is 5.67. The van der Waals surface area contributed by atoms with E-state index in [0.717, 1.165) is 19.6 Å². The van der Waals surface area contributed by atoms with E-state index >= 15 is 0 Å². The van der Waals surface area contributed by atoms with Crippen molar-refractivity contribution in [2.24, 2.45) is 0 Å². The lowest BCUT2D eigenvalue weighted by molar-refractivity contribution is -0.133. The van der Waals surface area contributed by atoms with E-state index in [0.29, 0.717) is 12.1 Å². The molecule has 1 aliphatic heterocycles. The van der Waals surface area contributed by atoms with E-state index in [4.69, 9.17) is 9.47 Å². The molecule has 4 atom stereocenters. The zero-order valence-electron chi connectivity index (χ0n) is 12.7. The van der Waals surface area contributed by atoms with E-state index in [9.17, 15) is 0 Å². The second-order valence-corrected chi connectivity index (χ2v) is 5.97. The Kier molecular flexibility index (Phi) is 6.07. The Morgan fingerprint density at radius 2 is 2.00 bits per heavy atom. The number of piperidine rings is 1. The average molecular weight is 270 g/mol. The molecule has 0 radical (unpaired) electrons. The lowest BCUT2D eigenvalue weighted by atomic mass is 9.84. The van der Waals surface area contributed by atoms with Crippen molar-refractivity contribution >= 4 is 0 Å². The van der Waals surface area contributed by atoms with Crippen molar-refractivity contribution in [3.8, 4) is 0 Å². The summed E-state index contributed by atoms with van der Waals surface area (Å²) in [6.45, 7) is 8.81. The van der Waals surface area contributed by atoms with Crippen LogP contribution in [0.4, 0.5) is 0 Å². The molecule has 1 aliphatic carbocycles. The van der Waals surface area contributed by atoms with E-state index in [1.165, 1.54) is 32.4 Å². The molecular formula is C15H30N2O2. The summed E-state index contributed by atoms with van der Waals surface area (Å²) in [6.07, 6.45) is 5.73. The Bertz CT molecular complexity index is 257. The molecule has 1 N–H and O–H groups in total. The first-order valence-corrected chi connectivity index (χ1v) is 7.87. The van der Waals surface area contributed by atoms with Crippen LogP contribution in [0.1, 0.15) is 39.5 Å². The Morgan fingerprint density at radius 1 is 1.26 bits per heavy atom. The molecule has 4 heteroatoms. The third-order valence-corrected chi connectivity index (χ3v) is 4.38. The largest absolute Gasteiger partial charge is 0.377 e. The number of nitrogens with one attached hydrogen (secondary N) is 1. The minimum Gasteiger partial charge on any atom is -0.377 e. The van der Waals surface area contributed by atoms with Gasteiger partial charge in [-0.1, -0.05) is 6.42 Å². The van der Waals surface area contributed by atoms with Gasteiger partial charge in [-0.2, -0.15) is 0 Å². The minimum absolute atomic E-state index is 0.226. The second-order valence-electron chi connectivity index (χ2n) is 5.97. The smallest absolute Gasteiger partial charge is 0.0986 e. The second kappa shape index (κ2) is 7.58. The highest BCUT2D eigenvalue weighted by Gasteiger charge is 2.42. The van der Waals surface area contributed by atoms with Crippen molar-refractivity contribution in [2.75, 3.05) is 33.4 Å². The van der Waals surface area contributed by atoms with Crippen LogP contribution in [0, 0.1) is 0 Å². The lowest BCUT2D eigenvalue weighted by Gasteiger charge is -2.45. The maximum Gasteiger partial charge on any atom is 0.0986 e. The van der Waals surface area contributed by atoms with E-state index in [1.54, 1.807) is 7.11 Å². The molecule has 112 valence electrons. The zero-order valence-corrected chi connectivity index (χ0v) is 12.7. The zero-order chi connectivity index (χ0) is 13.7. The molecule has 0 aromatic carbocycles. The van der Waals surface area contributed by atoms with E-state index < -0.39 is 0 Å². The topological polar surface area (TPSA) is 33.7 Å². The van der Waals surface area contributed by atoms with Crippen molar-refractivity contribution in [1.29, 1.82) is 0 Å². The quantitative estimate of drug-likeness (QED) is 0.762. The molecule has 4 unspecified atom stereocenters. The molecule has 1 saturated carbocycles. The minimum atomic E-state index is 0.226. The summed E-state index contributed by atoms with van der Waals surface area (Å²) in [5, 5.41) is 3.71. The summed E-state index contributed by atoms with van der Waals surface area (Å²) in [7, 11) is 1.79. The van der Waals surface area contributed by atoms with Crippen LogP contribution >= 0.6 is 0 Å². The van der Waals surface area contributed by atoms with Gasteiger partial charge < -0.3 is 19.7 Å². The first kappa shape index (κ1) is 15.2. The molecule has 1 saturated heterocycles. The lowest BCUT2D eigenvalue weighted by Crippen LogP contribution is -2.62. The molecule has 2 fully saturated rings. The van der Waals surface area contributed by atoms with Gasteiger partial charge in [0.2, 0.25) is 0 Å². The Morgan fingerprint density at radius 3 is 2.63 bits per heavy atom. The van der Waals surface area contributed by atoms with Crippen LogP contribution in [0.5, 0.6) is 0 Å². The van der Waals surface area contributed by atoms with Crippen LogP contribution < -0.4 is 5.32 Å². The maximum atomic E-state index is 5.67. The predicted octanol–water partition coefficient (Wildman–Crippen LogP) is 1.64. The van der Waals surface area contributed by atoms with Gasteiger partial charge in [0, 0.05) is 32.3 Å². The predicted molar refractivity (Wildman–Crippen MR) is 77.5 cm³/mol. The van der Waals surface area contributed by atoms with Gasteiger partial charge in [0.05, 0.1) is 12.2 Å². The normalized spacial score (nSPS) is 33.9. The Hall–Kier alpha value is -0.160. The molecule has 0 aromatic rings. The highest BCUT2D eigenvalue weighted by Crippen LogP contribution is 2.27. The van der Waals surface area contributed by atoms with Gasteiger partial charge in [-0.25, -0.2) is 0 Å². The van der Waals surface area contributed by atoms with Crippen molar-refractivity contribution < 1.29 is 9.47 Å². The molecule has 0 amide bonds. The van der Waals surface area contributed by atoms with E-state index in [-0.39, 0.29) is 12.2 Å². The molecule has 0 aromatic heterocycles. The van der Waals surface area contributed by atoms with Crippen LogP contribution in [0.15, 0.2) is 0 Å². The molecule has 19 heavy (non-hydrogen) atoms. The molecule has 0 spiro atoms. The highest BCUT2D eigenvalue weighted by atomic mass is 16.5. The highest BCUT2D eigenvalue weighted by molar-refractivity contribution is 4.98. The fourth-order valence-electron chi connectivity index (χ4n) is 3.39. The number of ether oxygens (including phenoxy) is 2. The first-order chi connectivity index (χ1) is 9.24. The number of likely N-dealkylation sites (tertiary alicyclic amines) is 1. The van der Waals surface area contributed by atoms with E-state index in [1.807, 2.05) is 6.92 Å². The number of hydrogen-bond donors (Lipinski definition) is 1. The summed E-state index contributed by atoms with van der Waals surface area (Å²) < 4.78 is 11.2. The molecule has 2 rings (SSSR count). The molecular weight excluding hydrogens is 240 g/mol. The summed E-state index contributed by atoms with van der Waals surface area (Å²) in [5.41, 5.74) is 0. The van der Waals surface area contributed by atoms with Gasteiger partial charge in [-0.15, -0.1) is 0 Å². The van der Waals surface area contributed by atoms with Crippen LogP contribution in [-0.4, -0.2) is 62.5 Å². The van der Waals surface area contributed by atoms with Gasteiger partial charge in [-0.3, -0.25) is 0 Å². The van der Waals surface area contributed by atoms with E-state index in [2.05, 4.69) is 17.1 Å². The van der Waals surface area contributed by atoms with Crippen molar-refractivity contribution in [2.45, 2.75) is 63.8 Å². The standard InChI is InChI=1S/C15H30N2O2/c1-4-19-14-10-13(15(14)18-3)16-12(2)11-17-8-6-5-7-9-17/h12-16H,4-11H2,1-3H3. The van der Waals surface area contributed by atoms with Crippen LogP contribution in [0.25, 0.3) is 0 Å². The molecule has 0 bridgehead atoms. The molecule has 2 aliphatic rings. The number of nitrogens with zero attached hydrogens (tertiary/aromatic N) is 1. The Balaban J connectivity index is 1.68. The number of rotatable bonds is 7. The fourth-order valence-corrected chi connectivity index (χ4v) is 3.39. The molecule has 1 heterocycles. The number of methoxy groups -OCH3 is 1. The monoisotopic (exact) mass is 270 g/mol. The first-order valence-electron chi connectivity index (χ1n) is 7.87. The van der Waals surface area contributed by atoms with Crippen molar-refractivity contribution in [3.05, 3.63) is 0 Å². The Labute approximate surface area is 117 Å². The van der Waals surface area contributed by atoms with Gasteiger partial charge >= 0.3 is 0 Å². The van der Waals surface area contributed by atoms with Gasteiger partial charge in [0.25, 0.3) is 0 Å². The van der Waals surface area contributed by atoms with Gasteiger partial charge in [0.15, 0.2) is 0 Å². The summed E-state index contributed by atoms with van der Waals surface area (Å²) in [4.78, 5) is 2.58. The van der Waals surface area contributed by atoms with Crippen LogP contribution in [-0.2, 0) is 9.47 Å². The summed E-state index contributed by atoms with van der Waals surface area (Å²) in [6, 6.07) is 0.990. The van der Waals surface area contributed by atoms with Crippen molar-refractivity contribution in [3.63, 3.8) is 0 Å². The summed E-state index contributed by atoms with van der Waals surface area (Å²) in [5.74, 6) is 0. The van der Waals surface area contributed by atoms with Crippen LogP contribution in [0.3, 0.4) is 0 Å². The summed E-state index contributed by atoms with van der Waals surface area (Å²) >= 11 is 0. The third-order valence-electron chi connectivity index (χ3n) is 4.38. The molecule has 4 nitrogen and oxygen atoms in total. The van der Waals surface area contributed by atoms with Crippen LogP contribution in [0.2, 0.25) is 0 Å². The number of hydrogen-bond acceptors (Lipinski definition) is 4.